The number of ether oxygens (including phenoxy) is 1. The van der Waals surface area contributed by atoms with Crippen molar-refractivity contribution in [1.29, 1.82) is 0 Å². The smallest absolute Gasteiger partial charge is 0.123 e. The Morgan fingerprint density at radius 3 is 2.44 bits per heavy atom. The summed E-state index contributed by atoms with van der Waals surface area (Å²) >= 11 is 5.94. The van der Waals surface area contributed by atoms with Crippen LogP contribution in [0.15, 0.2) is 18.2 Å². The van der Waals surface area contributed by atoms with Crippen LogP contribution >= 0.6 is 24.0 Å². The van der Waals surface area contributed by atoms with Crippen molar-refractivity contribution in [2.75, 3.05) is 7.11 Å². The van der Waals surface area contributed by atoms with Crippen molar-refractivity contribution in [3.8, 4) is 5.75 Å². The molecule has 0 saturated carbocycles. The zero-order valence-corrected chi connectivity index (χ0v) is 11.7. The minimum absolute atomic E-state index is 0. The molecule has 0 fully saturated rings. The highest BCUT2D eigenvalue weighted by Crippen LogP contribution is 2.22. The van der Waals surface area contributed by atoms with Crippen molar-refractivity contribution >= 4 is 24.0 Å². The lowest BCUT2D eigenvalue weighted by Crippen LogP contribution is -2.35. The normalized spacial score (nSPS) is 10.8. The van der Waals surface area contributed by atoms with Crippen LogP contribution in [-0.2, 0) is 6.54 Å². The summed E-state index contributed by atoms with van der Waals surface area (Å²) in [5, 5.41) is 4.14. The first-order chi connectivity index (χ1) is 6.92. The van der Waals surface area contributed by atoms with Gasteiger partial charge < -0.3 is 10.1 Å². The van der Waals surface area contributed by atoms with E-state index in [1.165, 1.54) is 0 Å². The maximum Gasteiger partial charge on any atom is 0.123 e. The molecule has 0 amide bonds. The topological polar surface area (TPSA) is 21.3 Å². The van der Waals surface area contributed by atoms with Crippen molar-refractivity contribution < 1.29 is 4.74 Å². The second-order valence-corrected chi connectivity index (χ2v) is 5.00. The number of rotatable bonds is 3. The van der Waals surface area contributed by atoms with Crippen LogP contribution in [0.4, 0.5) is 0 Å². The molecular weight excluding hydrogens is 245 g/mol. The lowest BCUT2D eigenvalue weighted by atomic mass is 10.1. The van der Waals surface area contributed by atoms with Crippen molar-refractivity contribution in [3.63, 3.8) is 0 Å². The molecular formula is C12H19Cl2NO. The summed E-state index contributed by atoms with van der Waals surface area (Å²) in [4.78, 5) is 0. The minimum atomic E-state index is 0. The first-order valence-corrected chi connectivity index (χ1v) is 5.37. The molecule has 92 valence electrons. The van der Waals surface area contributed by atoms with E-state index >= 15 is 0 Å². The summed E-state index contributed by atoms with van der Waals surface area (Å²) in [7, 11) is 1.67. The van der Waals surface area contributed by atoms with E-state index in [1.54, 1.807) is 7.11 Å². The van der Waals surface area contributed by atoms with Gasteiger partial charge in [0.2, 0.25) is 0 Å². The first-order valence-electron chi connectivity index (χ1n) is 5.00. The van der Waals surface area contributed by atoms with Crippen molar-refractivity contribution in [2.24, 2.45) is 0 Å². The van der Waals surface area contributed by atoms with Crippen molar-refractivity contribution in [2.45, 2.75) is 32.9 Å². The van der Waals surface area contributed by atoms with Crippen LogP contribution in [-0.4, -0.2) is 12.6 Å². The molecule has 0 aliphatic rings. The number of halogens is 2. The Hall–Kier alpha value is -0.440. The fourth-order valence-electron chi connectivity index (χ4n) is 1.25. The van der Waals surface area contributed by atoms with Crippen LogP contribution in [0.3, 0.4) is 0 Å². The zero-order valence-electron chi connectivity index (χ0n) is 10.1. The number of hydrogen-bond donors (Lipinski definition) is 1. The van der Waals surface area contributed by atoms with Gasteiger partial charge in [0.1, 0.15) is 5.75 Å². The summed E-state index contributed by atoms with van der Waals surface area (Å²) in [6.07, 6.45) is 0. The third-order valence-corrected chi connectivity index (χ3v) is 2.29. The molecule has 0 aliphatic carbocycles. The van der Waals surface area contributed by atoms with Gasteiger partial charge in [0.15, 0.2) is 0 Å². The number of hydrogen-bond acceptors (Lipinski definition) is 2. The predicted molar refractivity (Wildman–Crippen MR) is 71.8 cm³/mol. The van der Waals surface area contributed by atoms with E-state index in [9.17, 15) is 0 Å². The van der Waals surface area contributed by atoms with Crippen LogP contribution in [0, 0.1) is 0 Å². The van der Waals surface area contributed by atoms with Crippen LogP contribution in [0.1, 0.15) is 26.3 Å². The monoisotopic (exact) mass is 263 g/mol. The van der Waals surface area contributed by atoms with Crippen molar-refractivity contribution in [1.82, 2.24) is 5.32 Å². The van der Waals surface area contributed by atoms with E-state index in [1.807, 2.05) is 18.2 Å². The molecule has 2 nitrogen and oxygen atoms in total. The molecule has 16 heavy (non-hydrogen) atoms. The molecule has 0 unspecified atom stereocenters. The van der Waals surface area contributed by atoms with E-state index in [0.29, 0.717) is 0 Å². The van der Waals surface area contributed by atoms with E-state index < -0.39 is 0 Å². The first kappa shape index (κ1) is 15.6. The highest BCUT2D eigenvalue weighted by Gasteiger charge is 2.10. The van der Waals surface area contributed by atoms with Gasteiger partial charge in [-0.3, -0.25) is 0 Å². The largest absolute Gasteiger partial charge is 0.496 e. The molecule has 1 N–H and O–H groups in total. The SMILES string of the molecule is COc1ccc(Cl)cc1CNC(C)(C)C.Cl. The molecule has 0 atom stereocenters. The van der Waals surface area contributed by atoms with Gasteiger partial charge in [0, 0.05) is 22.7 Å². The predicted octanol–water partition coefficient (Wildman–Crippen LogP) is 3.66. The van der Waals surface area contributed by atoms with Gasteiger partial charge in [-0.1, -0.05) is 11.6 Å². The van der Waals surface area contributed by atoms with Crippen LogP contribution in [0.2, 0.25) is 5.02 Å². The molecule has 1 aromatic carbocycles. The fraction of sp³-hybridized carbons (Fsp3) is 0.500. The van der Waals surface area contributed by atoms with E-state index in [-0.39, 0.29) is 17.9 Å². The van der Waals surface area contributed by atoms with Crippen LogP contribution < -0.4 is 10.1 Å². The minimum Gasteiger partial charge on any atom is -0.496 e. The molecule has 1 aromatic rings. The van der Waals surface area contributed by atoms with E-state index in [0.717, 1.165) is 22.9 Å². The summed E-state index contributed by atoms with van der Waals surface area (Å²) in [5.74, 6) is 0.871. The quantitative estimate of drug-likeness (QED) is 0.899. The lowest BCUT2D eigenvalue weighted by Gasteiger charge is -2.21. The highest BCUT2D eigenvalue weighted by molar-refractivity contribution is 6.30. The summed E-state index contributed by atoms with van der Waals surface area (Å²) in [5.41, 5.74) is 1.17. The molecule has 4 heteroatoms. The zero-order chi connectivity index (χ0) is 11.5. The number of nitrogens with one attached hydrogen (secondary N) is 1. The summed E-state index contributed by atoms with van der Waals surface area (Å²) in [6.45, 7) is 7.14. The average Bonchev–Trinajstić information content (AvgIpc) is 2.14. The Morgan fingerprint density at radius 1 is 1.31 bits per heavy atom. The second kappa shape index (κ2) is 6.33. The highest BCUT2D eigenvalue weighted by atomic mass is 35.5. The Bertz CT molecular complexity index is 334. The van der Waals surface area contributed by atoms with E-state index in [2.05, 4.69) is 26.1 Å². The third-order valence-electron chi connectivity index (χ3n) is 2.05. The van der Waals surface area contributed by atoms with Crippen LogP contribution in [0.5, 0.6) is 5.75 Å². The maximum absolute atomic E-state index is 5.94. The molecule has 0 saturated heterocycles. The molecule has 0 radical (unpaired) electrons. The molecule has 0 heterocycles. The van der Waals surface area contributed by atoms with Gasteiger partial charge in [-0.15, -0.1) is 12.4 Å². The molecule has 0 aromatic heterocycles. The lowest BCUT2D eigenvalue weighted by molar-refractivity contribution is 0.392. The van der Waals surface area contributed by atoms with E-state index in [4.69, 9.17) is 16.3 Å². The van der Waals surface area contributed by atoms with Gasteiger partial charge >= 0.3 is 0 Å². The molecule has 1 rings (SSSR count). The average molecular weight is 264 g/mol. The standard InChI is InChI=1S/C12H18ClNO.ClH/c1-12(2,3)14-8-9-7-10(13)5-6-11(9)15-4;/h5-7,14H,8H2,1-4H3;1H. The Balaban J connectivity index is 0.00000225. The number of benzene rings is 1. The van der Waals surface area contributed by atoms with Crippen molar-refractivity contribution in [3.05, 3.63) is 28.8 Å². The van der Waals surface area contributed by atoms with Gasteiger partial charge in [0.25, 0.3) is 0 Å². The van der Waals surface area contributed by atoms with Crippen LogP contribution in [0.25, 0.3) is 0 Å². The summed E-state index contributed by atoms with van der Waals surface area (Å²) < 4.78 is 5.27. The number of methoxy groups -OCH3 is 1. The molecule has 0 spiro atoms. The van der Waals surface area contributed by atoms with Gasteiger partial charge in [-0.2, -0.15) is 0 Å². The third kappa shape index (κ3) is 5.06. The fourth-order valence-corrected chi connectivity index (χ4v) is 1.44. The summed E-state index contributed by atoms with van der Waals surface area (Å²) in [6, 6.07) is 5.65. The molecule has 0 bridgehead atoms. The van der Waals surface area contributed by atoms with Gasteiger partial charge in [-0.05, 0) is 39.0 Å². The Morgan fingerprint density at radius 2 is 1.94 bits per heavy atom. The Kier molecular flexibility index (Phi) is 6.16. The second-order valence-electron chi connectivity index (χ2n) is 4.56. The van der Waals surface area contributed by atoms with Gasteiger partial charge in [-0.25, -0.2) is 0 Å². The maximum atomic E-state index is 5.94. The van der Waals surface area contributed by atoms with Gasteiger partial charge in [0.05, 0.1) is 7.11 Å². The molecule has 0 aliphatic heterocycles. The Labute approximate surface area is 109 Å².